The minimum Gasteiger partial charge on any atom is -0.343 e. The summed E-state index contributed by atoms with van der Waals surface area (Å²) in [7, 11) is 3.33. The van der Waals surface area contributed by atoms with Gasteiger partial charge in [-0.25, -0.2) is 4.68 Å². The number of nitriles is 1. The standard InChI is InChI=1S/C13H11ClN4O/c1-17(2)13(19)12-5-6-18(16-12)10-4-3-9(8-15)11(14)7-10/h3-7H,1-2H3. The predicted octanol–water partition coefficient (Wildman–Crippen LogP) is 2.10. The summed E-state index contributed by atoms with van der Waals surface area (Å²) in [6.07, 6.45) is 1.68. The smallest absolute Gasteiger partial charge is 0.273 e. The summed E-state index contributed by atoms with van der Waals surface area (Å²) in [5.41, 5.74) is 1.45. The van der Waals surface area contributed by atoms with Crippen molar-refractivity contribution in [2.75, 3.05) is 14.1 Å². The van der Waals surface area contributed by atoms with Crippen molar-refractivity contribution < 1.29 is 4.79 Å². The summed E-state index contributed by atoms with van der Waals surface area (Å²) in [6, 6.07) is 8.60. The minimum atomic E-state index is -0.168. The molecule has 2 rings (SSSR count). The average molecular weight is 275 g/mol. The van der Waals surface area contributed by atoms with E-state index in [1.54, 1.807) is 49.2 Å². The Hall–Kier alpha value is -2.32. The van der Waals surface area contributed by atoms with Crippen LogP contribution in [0.1, 0.15) is 16.1 Å². The fourth-order valence-electron chi connectivity index (χ4n) is 1.55. The van der Waals surface area contributed by atoms with E-state index in [2.05, 4.69) is 5.10 Å². The molecule has 0 aliphatic heterocycles. The Balaban J connectivity index is 2.36. The van der Waals surface area contributed by atoms with E-state index >= 15 is 0 Å². The van der Waals surface area contributed by atoms with Gasteiger partial charge in [0.1, 0.15) is 6.07 Å². The molecular formula is C13H11ClN4O. The number of halogens is 1. The zero-order valence-corrected chi connectivity index (χ0v) is 11.2. The van der Waals surface area contributed by atoms with Gasteiger partial charge >= 0.3 is 0 Å². The summed E-state index contributed by atoms with van der Waals surface area (Å²) in [5, 5.41) is 13.4. The topological polar surface area (TPSA) is 61.9 Å². The van der Waals surface area contributed by atoms with Gasteiger partial charge in [-0.15, -0.1) is 0 Å². The Labute approximate surface area is 115 Å². The number of rotatable bonds is 2. The van der Waals surface area contributed by atoms with Crippen LogP contribution in [0.5, 0.6) is 0 Å². The molecule has 0 bridgehead atoms. The summed E-state index contributed by atoms with van der Waals surface area (Å²) >= 11 is 5.96. The van der Waals surface area contributed by atoms with Crippen LogP contribution in [0.15, 0.2) is 30.5 Å². The third-order valence-corrected chi connectivity index (χ3v) is 2.86. The molecule has 0 aliphatic rings. The number of hydrogen-bond donors (Lipinski definition) is 0. The molecule has 1 heterocycles. The molecular weight excluding hydrogens is 264 g/mol. The van der Waals surface area contributed by atoms with Gasteiger partial charge in [-0.1, -0.05) is 11.6 Å². The Morgan fingerprint density at radius 1 is 1.42 bits per heavy atom. The second-order valence-electron chi connectivity index (χ2n) is 4.12. The first-order valence-corrected chi connectivity index (χ1v) is 5.88. The molecule has 96 valence electrons. The number of carbonyl (C=O) groups excluding carboxylic acids is 1. The van der Waals surface area contributed by atoms with Crippen molar-refractivity contribution in [2.24, 2.45) is 0 Å². The van der Waals surface area contributed by atoms with Crippen molar-refractivity contribution >= 4 is 17.5 Å². The fourth-order valence-corrected chi connectivity index (χ4v) is 1.77. The maximum Gasteiger partial charge on any atom is 0.273 e. The molecule has 1 amide bonds. The number of amides is 1. The van der Waals surface area contributed by atoms with Crippen LogP contribution in [-0.2, 0) is 0 Å². The van der Waals surface area contributed by atoms with Crippen LogP contribution in [0.4, 0.5) is 0 Å². The molecule has 1 aromatic carbocycles. The maximum atomic E-state index is 11.7. The zero-order chi connectivity index (χ0) is 14.0. The monoisotopic (exact) mass is 274 g/mol. The van der Waals surface area contributed by atoms with Gasteiger partial charge in [-0.2, -0.15) is 10.4 Å². The highest BCUT2D eigenvalue weighted by atomic mass is 35.5. The summed E-state index contributed by atoms with van der Waals surface area (Å²) in [6.45, 7) is 0. The average Bonchev–Trinajstić information content (AvgIpc) is 2.87. The van der Waals surface area contributed by atoms with Gasteiger partial charge < -0.3 is 4.90 Å². The highest BCUT2D eigenvalue weighted by Crippen LogP contribution is 2.19. The molecule has 0 fully saturated rings. The summed E-state index contributed by atoms with van der Waals surface area (Å²) in [5.74, 6) is -0.168. The van der Waals surface area contributed by atoms with Crippen LogP contribution < -0.4 is 0 Å². The molecule has 0 atom stereocenters. The second kappa shape index (κ2) is 5.12. The van der Waals surface area contributed by atoms with Gasteiger partial charge in [-0.3, -0.25) is 4.79 Å². The molecule has 1 aromatic heterocycles. The van der Waals surface area contributed by atoms with Crippen LogP contribution in [-0.4, -0.2) is 34.7 Å². The van der Waals surface area contributed by atoms with Crippen LogP contribution in [0.2, 0.25) is 5.02 Å². The highest BCUT2D eigenvalue weighted by Gasteiger charge is 2.12. The second-order valence-corrected chi connectivity index (χ2v) is 4.53. The minimum absolute atomic E-state index is 0.168. The van der Waals surface area contributed by atoms with Crippen LogP contribution >= 0.6 is 11.6 Å². The van der Waals surface area contributed by atoms with Crippen molar-refractivity contribution in [1.82, 2.24) is 14.7 Å². The number of carbonyl (C=O) groups is 1. The van der Waals surface area contributed by atoms with Crippen molar-refractivity contribution in [1.29, 1.82) is 5.26 Å². The first-order valence-electron chi connectivity index (χ1n) is 5.50. The summed E-state index contributed by atoms with van der Waals surface area (Å²) in [4.78, 5) is 13.2. The van der Waals surface area contributed by atoms with Gasteiger partial charge in [-0.05, 0) is 24.3 Å². The molecule has 19 heavy (non-hydrogen) atoms. The molecule has 0 saturated heterocycles. The maximum absolute atomic E-state index is 11.7. The number of nitrogens with zero attached hydrogens (tertiary/aromatic N) is 4. The lowest BCUT2D eigenvalue weighted by Crippen LogP contribution is -2.22. The lowest BCUT2D eigenvalue weighted by atomic mass is 10.2. The lowest BCUT2D eigenvalue weighted by molar-refractivity contribution is 0.0821. The van der Waals surface area contributed by atoms with E-state index < -0.39 is 0 Å². The van der Waals surface area contributed by atoms with Crippen LogP contribution in [0.3, 0.4) is 0 Å². The van der Waals surface area contributed by atoms with Gasteiger partial charge in [0.2, 0.25) is 0 Å². The Morgan fingerprint density at radius 3 is 2.74 bits per heavy atom. The molecule has 0 N–H and O–H groups in total. The Bertz CT molecular complexity index is 670. The summed E-state index contributed by atoms with van der Waals surface area (Å²) < 4.78 is 1.55. The molecule has 0 saturated carbocycles. The fraction of sp³-hybridized carbons (Fsp3) is 0.154. The SMILES string of the molecule is CN(C)C(=O)c1ccn(-c2ccc(C#N)c(Cl)c2)n1. The largest absolute Gasteiger partial charge is 0.343 e. The molecule has 0 spiro atoms. The number of aromatic nitrogens is 2. The molecule has 6 heteroatoms. The number of hydrogen-bond acceptors (Lipinski definition) is 3. The molecule has 5 nitrogen and oxygen atoms in total. The van der Waals surface area contributed by atoms with E-state index in [1.807, 2.05) is 6.07 Å². The van der Waals surface area contributed by atoms with E-state index in [4.69, 9.17) is 16.9 Å². The third kappa shape index (κ3) is 2.59. The molecule has 0 radical (unpaired) electrons. The first-order chi connectivity index (χ1) is 9.02. The normalized spacial score (nSPS) is 10.0. The van der Waals surface area contributed by atoms with Crippen LogP contribution in [0.25, 0.3) is 5.69 Å². The molecule has 0 aliphatic carbocycles. The molecule has 2 aromatic rings. The van der Waals surface area contributed by atoms with Crippen molar-refractivity contribution in [3.63, 3.8) is 0 Å². The zero-order valence-electron chi connectivity index (χ0n) is 10.5. The van der Waals surface area contributed by atoms with Gasteiger partial charge in [0, 0.05) is 20.3 Å². The lowest BCUT2D eigenvalue weighted by Gasteiger charge is -2.07. The van der Waals surface area contributed by atoms with Crippen molar-refractivity contribution in [2.45, 2.75) is 0 Å². The van der Waals surface area contributed by atoms with E-state index in [9.17, 15) is 4.79 Å². The van der Waals surface area contributed by atoms with E-state index in [0.717, 1.165) is 0 Å². The van der Waals surface area contributed by atoms with E-state index in [0.29, 0.717) is 22.0 Å². The van der Waals surface area contributed by atoms with E-state index in [1.165, 1.54) is 4.90 Å². The van der Waals surface area contributed by atoms with Crippen molar-refractivity contribution in [3.8, 4) is 11.8 Å². The third-order valence-electron chi connectivity index (χ3n) is 2.55. The first kappa shape index (κ1) is 13.1. The van der Waals surface area contributed by atoms with Gasteiger partial charge in [0.05, 0.1) is 16.3 Å². The highest BCUT2D eigenvalue weighted by molar-refractivity contribution is 6.31. The van der Waals surface area contributed by atoms with Gasteiger partial charge in [0.15, 0.2) is 5.69 Å². The quantitative estimate of drug-likeness (QED) is 0.842. The predicted molar refractivity (Wildman–Crippen MR) is 71.3 cm³/mol. The van der Waals surface area contributed by atoms with Gasteiger partial charge in [0.25, 0.3) is 5.91 Å². The Kier molecular flexibility index (Phi) is 3.54. The molecule has 0 unspecified atom stereocenters. The van der Waals surface area contributed by atoms with E-state index in [-0.39, 0.29) is 5.91 Å². The van der Waals surface area contributed by atoms with Crippen LogP contribution in [0, 0.1) is 11.3 Å². The number of benzene rings is 1. The Morgan fingerprint density at radius 2 is 2.16 bits per heavy atom. The van der Waals surface area contributed by atoms with Crippen molar-refractivity contribution in [3.05, 3.63) is 46.7 Å².